The van der Waals surface area contributed by atoms with Crippen LogP contribution in [-0.4, -0.2) is 50.0 Å². The predicted molar refractivity (Wildman–Crippen MR) is 110 cm³/mol. The van der Waals surface area contributed by atoms with Gasteiger partial charge in [0.1, 0.15) is 6.61 Å². The molecule has 1 aliphatic heterocycles. The van der Waals surface area contributed by atoms with E-state index in [0.717, 1.165) is 43.6 Å². The maximum absolute atomic E-state index is 10.4. The van der Waals surface area contributed by atoms with Crippen LogP contribution >= 0.6 is 0 Å². The Hall–Kier alpha value is -2.24. The van der Waals surface area contributed by atoms with E-state index in [1.807, 2.05) is 42.5 Å². The number of likely N-dealkylation sites (tertiary alicyclic amines) is 1. The Labute approximate surface area is 167 Å². The molecule has 1 saturated heterocycles. The zero-order valence-corrected chi connectivity index (χ0v) is 17.1. The molecule has 2 unspecified atom stereocenters. The van der Waals surface area contributed by atoms with Gasteiger partial charge in [-0.1, -0.05) is 37.3 Å². The summed E-state index contributed by atoms with van der Waals surface area (Å²) in [4.78, 5) is 2.39. The number of piperidine rings is 1. The molecule has 28 heavy (non-hydrogen) atoms. The van der Waals surface area contributed by atoms with Crippen LogP contribution in [0.2, 0.25) is 0 Å². The Morgan fingerprint density at radius 3 is 2.32 bits per heavy atom. The fourth-order valence-electron chi connectivity index (χ4n) is 3.81. The van der Waals surface area contributed by atoms with Crippen molar-refractivity contribution in [1.82, 2.24) is 4.90 Å². The minimum absolute atomic E-state index is 0.208. The van der Waals surface area contributed by atoms with E-state index < -0.39 is 0 Å². The number of hydrogen-bond donors (Lipinski definition) is 1. The average molecular weight is 386 g/mol. The molecule has 0 saturated carbocycles. The van der Waals surface area contributed by atoms with Crippen molar-refractivity contribution in [3.05, 3.63) is 53.6 Å². The Morgan fingerprint density at radius 1 is 1.04 bits per heavy atom. The third-order valence-corrected chi connectivity index (χ3v) is 5.47. The highest BCUT2D eigenvalue weighted by molar-refractivity contribution is 5.54. The summed E-state index contributed by atoms with van der Waals surface area (Å²) in [5, 5.41) is 10.4. The molecule has 1 fully saturated rings. The van der Waals surface area contributed by atoms with Gasteiger partial charge < -0.3 is 24.2 Å². The van der Waals surface area contributed by atoms with E-state index in [2.05, 4.69) is 11.8 Å². The number of ether oxygens (including phenoxy) is 3. The lowest BCUT2D eigenvalue weighted by Gasteiger charge is -2.35. The minimum atomic E-state index is -0.270. The molecule has 5 nitrogen and oxygen atoms in total. The fraction of sp³-hybridized carbons (Fsp3) is 0.478. The Kier molecular flexibility index (Phi) is 7.18. The topological polar surface area (TPSA) is 51.2 Å². The number of rotatable bonds is 8. The lowest BCUT2D eigenvalue weighted by molar-refractivity contribution is 0.0289. The summed E-state index contributed by atoms with van der Waals surface area (Å²) in [5.41, 5.74) is 2.17. The standard InChI is InChI=1S/C23H31NO4/c1-4-24-11-10-20(25)19(15-24)12-18-13-21(26-2)23(22(14-18)27-3)28-16-17-8-6-5-7-9-17/h5-9,13-14,19-20,25H,4,10-12,15-16H2,1-3H3. The molecule has 152 valence electrons. The van der Waals surface area contributed by atoms with Crippen LogP contribution in [-0.2, 0) is 13.0 Å². The molecule has 1 N–H and O–H groups in total. The molecule has 0 bridgehead atoms. The van der Waals surface area contributed by atoms with Crippen LogP contribution in [0.15, 0.2) is 42.5 Å². The summed E-state index contributed by atoms with van der Waals surface area (Å²) in [5.74, 6) is 2.13. The van der Waals surface area contributed by atoms with E-state index >= 15 is 0 Å². The molecule has 2 aromatic rings. The molecular formula is C23H31NO4. The first-order chi connectivity index (χ1) is 13.6. The summed E-state index contributed by atoms with van der Waals surface area (Å²) in [6, 6.07) is 14.0. The van der Waals surface area contributed by atoms with Crippen molar-refractivity contribution in [2.45, 2.75) is 32.5 Å². The molecule has 5 heteroatoms. The molecular weight excluding hydrogens is 354 g/mol. The Balaban J connectivity index is 1.78. The lowest BCUT2D eigenvalue weighted by atomic mass is 9.88. The zero-order chi connectivity index (χ0) is 19.9. The lowest BCUT2D eigenvalue weighted by Crippen LogP contribution is -2.43. The summed E-state index contributed by atoms with van der Waals surface area (Å²) in [7, 11) is 3.28. The highest BCUT2D eigenvalue weighted by Gasteiger charge is 2.28. The molecule has 0 spiro atoms. The van der Waals surface area contributed by atoms with Crippen LogP contribution in [0.1, 0.15) is 24.5 Å². The van der Waals surface area contributed by atoms with Crippen molar-refractivity contribution in [2.75, 3.05) is 33.9 Å². The van der Waals surface area contributed by atoms with Gasteiger partial charge in [0.25, 0.3) is 0 Å². The van der Waals surface area contributed by atoms with Gasteiger partial charge in [-0.25, -0.2) is 0 Å². The van der Waals surface area contributed by atoms with Gasteiger partial charge in [0, 0.05) is 19.0 Å². The maximum Gasteiger partial charge on any atom is 0.203 e. The second kappa shape index (κ2) is 9.80. The SMILES string of the molecule is CCN1CCC(O)C(Cc2cc(OC)c(OCc3ccccc3)c(OC)c2)C1. The van der Waals surface area contributed by atoms with Crippen LogP contribution in [0.4, 0.5) is 0 Å². The van der Waals surface area contributed by atoms with E-state index in [1.165, 1.54) is 0 Å². The number of hydrogen-bond acceptors (Lipinski definition) is 5. The Morgan fingerprint density at radius 2 is 1.71 bits per heavy atom. The van der Waals surface area contributed by atoms with E-state index in [0.29, 0.717) is 23.9 Å². The predicted octanol–water partition coefficient (Wildman–Crippen LogP) is 3.53. The number of nitrogens with zero attached hydrogens (tertiary/aromatic N) is 1. The van der Waals surface area contributed by atoms with Gasteiger partial charge in [-0.2, -0.15) is 0 Å². The largest absolute Gasteiger partial charge is 0.493 e. The molecule has 2 atom stereocenters. The smallest absolute Gasteiger partial charge is 0.203 e. The van der Waals surface area contributed by atoms with Gasteiger partial charge >= 0.3 is 0 Å². The second-order valence-corrected chi connectivity index (χ2v) is 7.32. The first-order valence-corrected chi connectivity index (χ1v) is 9.96. The minimum Gasteiger partial charge on any atom is -0.493 e. The number of benzene rings is 2. The summed E-state index contributed by atoms with van der Waals surface area (Å²) < 4.78 is 17.2. The average Bonchev–Trinajstić information content (AvgIpc) is 2.74. The molecule has 3 rings (SSSR count). The number of methoxy groups -OCH3 is 2. The van der Waals surface area contributed by atoms with Gasteiger partial charge in [-0.3, -0.25) is 0 Å². The third-order valence-electron chi connectivity index (χ3n) is 5.47. The van der Waals surface area contributed by atoms with E-state index in [1.54, 1.807) is 14.2 Å². The van der Waals surface area contributed by atoms with Gasteiger partial charge in [0.05, 0.1) is 20.3 Å². The molecule has 2 aromatic carbocycles. The highest BCUT2D eigenvalue weighted by atomic mass is 16.5. The summed E-state index contributed by atoms with van der Waals surface area (Å²) >= 11 is 0. The normalized spacial score (nSPS) is 20.0. The van der Waals surface area contributed by atoms with Crippen molar-refractivity contribution < 1.29 is 19.3 Å². The molecule has 1 aliphatic rings. The molecule has 0 amide bonds. The van der Waals surface area contributed by atoms with Crippen molar-refractivity contribution in [1.29, 1.82) is 0 Å². The first-order valence-electron chi connectivity index (χ1n) is 9.96. The monoisotopic (exact) mass is 385 g/mol. The van der Waals surface area contributed by atoms with Crippen LogP contribution in [0.3, 0.4) is 0 Å². The van der Waals surface area contributed by atoms with Crippen LogP contribution in [0.5, 0.6) is 17.2 Å². The molecule has 0 aliphatic carbocycles. The summed E-state index contributed by atoms with van der Waals surface area (Å²) in [6.45, 7) is 5.50. The van der Waals surface area contributed by atoms with Crippen LogP contribution < -0.4 is 14.2 Å². The second-order valence-electron chi connectivity index (χ2n) is 7.32. The van der Waals surface area contributed by atoms with E-state index in [4.69, 9.17) is 14.2 Å². The van der Waals surface area contributed by atoms with Crippen molar-refractivity contribution in [3.63, 3.8) is 0 Å². The first kappa shape index (κ1) is 20.5. The van der Waals surface area contributed by atoms with Crippen molar-refractivity contribution in [2.24, 2.45) is 5.92 Å². The van der Waals surface area contributed by atoms with E-state index in [9.17, 15) is 5.11 Å². The van der Waals surface area contributed by atoms with Gasteiger partial charge in [0.15, 0.2) is 11.5 Å². The molecule has 0 radical (unpaired) electrons. The molecule has 0 aromatic heterocycles. The van der Waals surface area contributed by atoms with Gasteiger partial charge in [-0.15, -0.1) is 0 Å². The number of aliphatic hydroxyl groups is 1. The number of aliphatic hydroxyl groups excluding tert-OH is 1. The zero-order valence-electron chi connectivity index (χ0n) is 17.1. The van der Waals surface area contributed by atoms with Crippen molar-refractivity contribution >= 4 is 0 Å². The van der Waals surface area contributed by atoms with Crippen LogP contribution in [0, 0.1) is 5.92 Å². The van der Waals surface area contributed by atoms with Crippen molar-refractivity contribution in [3.8, 4) is 17.2 Å². The summed E-state index contributed by atoms with van der Waals surface area (Å²) in [6.07, 6.45) is 1.34. The quantitative estimate of drug-likeness (QED) is 0.753. The van der Waals surface area contributed by atoms with Gasteiger partial charge in [0.2, 0.25) is 5.75 Å². The van der Waals surface area contributed by atoms with E-state index in [-0.39, 0.29) is 12.0 Å². The van der Waals surface area contributed by atoms with Crippen LogP contribution in [0.25, 0.3) is 0 Å². The highest BCUT2D eigenvalue weighted by Crippen LogP contribution is 2.40. The third kappa shape index (κ3) is 4.97. The van der Waals surface area contributed by atoms with Gasteiger partial charge in [-0.05, 0) is 42.6 Å². The Bertz CT molecular complexity index is 725. The fourth-order valence-corrected chi connectivity index (χ4v) is 3.81. The molecule has 1 heterocycles. The maximum atomic E-state index is 10.4.